The first-order valence-electron chi connectivity index (χ1n) is 9.20. The number of amides is 2. The van der Waals surface area contributed by atoms with Crippen molar-refractivity contribution in [1.82, 2.24) is 15.1 Å². The number of anilines is 2. The maximum atomic E-state index is 12.9. The van der Waals surface area contributed by atoms with Crippen LogP contribution in [-0.2, 0) is 17.6 Å². The first-order chi connectivity index (χ1) is 12.7. The number of para-hydroxylation sites is 2. The molecule has 2 aromatic rings. The number of hydrogen-bond donors (Lipinski definition) is 3. The molecule has 3 aliphatic rings. The molecule has 1 saturated heterocycles. The maximum Gasteiger partial charge on any atom is 0.274 e. The van der Waals surface area contributed by atoms with Crippen molar-refractivity contribution in [2.45, 2.75) is 37.6 Å². The van der Waals surface area contributed by atoms with Gasteiger partial charge in [-0.25, -0.2) is 0 Å². The molecule has 1 fully saturated rings. The minimum Gasteiger partial charge on any atom is -0.369 e. The zero-order valence-corrected chi connectivity index (χ0v) is 14.5. The summed E-state index contributed by atoms with van der Waals surface area (Å²) in [5, 5.41) is 13.7. The van der Waals surface area contributed by atoms with Crippen LogP contribution >= 0.6 is 0 Å². The lowest BCUT2D eigenvalue weighted by Gasteiger charge is -2.44. The summed E-state index contributed by atoms with van der Waals surface area (Å²) in [7, 11) is 0. The molecule has 1 spiro atoms. The first kappa shape index (κ1) is 15.4. The van der Waals surface area contributed by atoms with E-state index in [0.29, 0.717) is 31.6 Å². The van der Waals surface area contributed by atoms with Gasteiger partial charge in [0.25, 0.3) is 5.91 Å². The smallest absolute Gasteiger partial charge is 0.274 e. The molecule has 134 valence electrons. The van der Waals surface area contributed by atoms with Gasteiger partial charge in [0.2, 0.25) is 5.91 Å². The number of aromatic amines is 1. The molecule has 7 nitrogen and oxygen atoms in total. The molecule has 1 aromatic carbocycles. The largest absolute Gasteiger partial charge is 0.369 e. The van der Waals surface area contributed by atoms with Crippen LogP contribution in [0.15, 0.2) is 24.3 Å². The summed E-state index contributed by atoms with van der Waals surface area (Å²) in [4.78, 5) is 27.4. The van der Waals surface area contributed by atoms with Crippen molar-refractivity contribution in [3.63, 3.8) is 0 Å². The zero-order chi connectivity index (χ0) is 17.7. The highest BCUT2D eigenvalue weighted by Gasteiger charge is 2.45. The molecule has 1 aromatic heterocycles. The highest BCUT2D eigenvalue weighted by Crippen LogP contribution is 2.36. The number of H-pyrrole nitrogens is 1. The summed E-state index contributed by atoms with van der Waals surface area (Å²) in [6.45, 7) is 1.09. The van der Waals surface area contributed by atoms with Gasteiger partial charge in [-0.15, -0.1) is 0 Å². The molecule has 7 heteroatoms. The highest BCUT2D eigenvalue weighted by atomic mass is 16.2. The zero-order valence-electron chi connectivity index (χ0n) is 14.5. The van der Waals surface area contributed by atoms with Crippen LogP contribution in [0.4, 0.5) is 11.4 Å². The van der Waals surface area contributed by atoms with Crippen molar-refractivity contribution in [1.29, 1.82) is 0 Å². The lowest BCUT2D eigenvalue weighted by Crippen LogP contribution is -2.59. The molecule has 0 saturated carbocycles. The Morgan fingerprint density at radius 1 is 1.12 bits per heavy atom. The van der Waals surface area contributed by atoms with E-state index in [0.717, 1.165) is 41.9 Å². The fourth-order valence-electron chi connectivity index (χ4n) is 4.35. The highest BCUT2D eigenvalue weighted by molar-refractivity contribution is 6.06. The SMILES string of the molecule is O=C(c1n[nH]c2c1CCC2)N1CCC2(CC1)Nc1ccccc1NC2=O. The van der Waals surface area contributed by atoms with Gasteiger partial charge in [-0.1, -0.05) is 12.1 Å². The predicted molar refractivity (Wildman–Crippen MR) is 97.2 cm³/mol. The van der Waals surface area contributed by atoms with Crippen LogP contribution in [0.5, 0.6) is 0 Å². The molecular weight excluding hydrogens is 330 g/mol. The first-order valence-corrected chi connectivity index (χ1v) is 9.20. The minimum atomic E-state index is -0.640. The molecule has 2 amide bonds. The summed E-state index contributed by atoms with van der Waals surface area (Å²) in [5.74, 6) is -0.0279. The van der Waals surface area contributed by atoms with Gasteiger partial charge in [0, 0.05) is 24.3 Å². The van der Waals surface area contributed by atoms with Crippen LogP contribution in [0, 0.1) is 0 Å². The number of nitrogens with zero attached hydrogens (tertiary/aromatic N) is 2. The summed E-state index contributed by atoms with van der Waals surface area (Å²) in [6, 6.07) is 7.72. The van der Waals surface area contributed by atoms with Gasteiger partial charge in [0.05, 0.1) is 11.4 Å². The van der Waals surface area contributed by atoms with Crippen LogP contribution in [0.2, 0.25) is 0 Å². The van der Waals surface area contributed by atoms with Gasteiger partial charge in [0.15, 0.2) is 5.69 Å². The quantitative estimate of drug-likeness (QED) is 0.732. The molecule has 0 unspecified atom stereocenters. The number of fused-ring (bicyclic) bond motifs is 2. The summed E-state index contributed by atoms with van der Waals surface area (Å²) >= 11 is 0. The Balaban J connectivity index is 1.33. The van der Waals surface area contributed by atoms with Gasteiger partial charge in [0.1, 0.15) is 5.54 Å². The number of benzene rings is 1. The number of aromatic nitrogens is 2. The van der Waals surface area contributed by atoms with Gasteiger partial charge < -0.3 is 15.5 Å². The van der Waals surface area contributed by atoms with E-state index in [1.54, 1.807) is 0 Å². The third kappa shape index (κ3) is 2.23. The van der Waals surface area contributed by atoms with Crippen molar-refractivity contribution in [3.05, 3.63) is 41.2 Å². The lowest BCUT2D eigenvalue weighted by molar-refractivity contribution is -0.122. The van der Waals surface area contributed by atoms with E-state index in [4.69, 9.17) is 0 Å². The second-order valence-corrected chi connectivity index (χ2v) is 7.38. The Labute approximate surface area is 151 Å². The van der Waals surface area contributed by atoms with Gasteiger partial charge in [-0.05, 0) is 44.2 Å². The van der Waals surface area contributed by atoms with E-state index >= 15 is 0 Å². The minimum absolute atomic E-state index is 0.0102. The van der Waals surface area contributed by atoms with E-state index < -0.39 is 5.54 Å². The topological polar surface area (TPSA) is 90.1 Å². The molecule has 0 atom stereocenters. The van der Waals surface area contributed by atoms with Crippen molar-refractivity contribution < 1.29 is 9.59 Å². The summed E-state index contributed by atoms with van der Waals surface area (Å²) < 4.78 is 0. The molecule has 3 N–H and O–H groups in total. The molecule has 5 rings (SSSR count). The molecule has 3 heterocycles. The van der Waals surface area contributed by atoms with E-state index in [-0.39, 0.29) is 11.8 Å². The van der Waals surface area contributed by atoms with Gasteiger partial charge in [-0.3, -0.25) is 14.7 Å². The standard InChI is InChI=1S/C19H21N5O2/c25-17(16-12-4-3-7-13(12)22-23-16)24-10-8-19(9-11-24)18(26)20-14-5-1-2-6-15(14)21-19/h1-2,5-6,21H,3-4,7-11H2,(H,20,26)(H,22,23). The van der Waals surface area contributed by atoms with Gasteiger partial charge in [-0.2, -0.15) is 5.10 Å². The molecule has 2 aliphatic heterocycles. The van der Waals surface area contributed by atoms with E-state index in [9.17, 15) is 9.59 Å². The van der Waals surface area contributed by atoms with Crippen molar-refractivity contribution in [2.75, 3.05) is 23.7 Å². The van der Waals surface area contributed by atoms with E-state index in [1.807, 2.05) is 29.2 Å². The van der Waals surface area contributed by atoms with E-state index in [1.165, 1.54) is 0 Å². The number of carbonyl (C=O) groups excluding carboxylic acids is 2. The van der Waals surface area contributed by atoms with Crippen molar-refractivity contribution in [3.8, 4) is 0 Å². The summed E-state index contributed by atoms with van der Waals surface area (Å²) in [6.07, 6.45) is 4.15. The van der Waals surface area contributed by atoms with Gasteiger partial charge >= 0.3 is 0 Å². The number of carbonyl (C=O) groups is 2. The molecule has 0 radical (unpaired) electrons. The Morgan fingerprint density at radius 2 is 1.88 bits per heavy atom. The maximum absolute atomic E-state index is 12.9. The second-order valence-electron chi connectivity index (χ2n) is 7.38. The Bertz CT molecular complexity index is 895. The predicted octanol–water partition coefficient (Wildman–Crippen LogP) is 1.94. The molecule has 1 aliphatic carbocycles. The monoisotopic (exact) mass is 351 g/mol. The number of aryl methyl sites for hydroxylation is 1. The second kappa shape index (κ2) is 5.59. The molecule has 26 heavy (non-hydrogen) atoms. The normalized spacial score (nSPS) is 20.3. The number of likely N-dealkylation sites (tertiary alicyclic amines) is 1. The number of nitrogens with one attached hydrogen (secondary N) is 3. The third-order valence-corrected chi connectivity index (χ3v) is 5.90. The fraction of sp³-hybridized carbons (Fsp3) is 0.421. The molecular formula is C19H21N5O2. The van der Waals surface area contributed by atoms with Crippen molar-refractivity contribution in [2.24, 2.45) is 0 Å². The average Bonchev–Trinajstić information content (AvgIpc) is 3.26. The van der Waals surface area contributed by atoms with Crippen LogP contribution in [0.3, 0.4) is 0 Å². The van der Waals surface area contributed by atoms with Crippen LogP contribution < -0.4 is 10.6 Å². The fourth-order valence-corrected chi connectivity index (χ4v) is 4.35. The Morgan fingerprint density at radius 3 is 2.69 bits per heavy atom. The number of hydrogen-bond acceptors (Lipinski definition) is 4. The Hall–Kier alpha value is -2.83. The van der Waals surface area contributed by atoms with Crippen LogP contribution in [0.1, 0.15) is 41.0 Å². The van der Waals surface area contributed by atoms with Crippen molar-refractivity contribution >= 4 is 23.2 Å². The lowest BCUT2D eigenvalue weighted by atomic mass is 9.84. The Kier molecular flexibility index (Phi) is 3.32. The van der Waals surface area contributed by atoms with Crippen LogP contribution in [-0.4, -0.2) is 45.5 Å². The molecule has 0 bridgehead atoms. The summed E-state index contributed by atoms with van der Waals surface area (Å²) in [5.41, 5.74) is 3.87. The number of piperidine rings is 1. The average molecular weight is 351 g/mol. The number of rotatable bonds is 1. The van der Waals surface area contributed by atoms with Crippen LogP contribution in [0.25, 0.3) is 0 Å². The third-order valence-electron chi connectivity index (χ3n) is 5.90. The van der Waals surface area contributed by atoms with E-state index in [2.05, 4.69) is 20.8 Å².